The molecule has 134 valence electrons. The van der Waals surface area contributed by atoms with Crippen molar-refractivity contribution >= 4 is 27.9 Å². The Bertz CT molecular complexity index is 1280. The second-order valence-corrected chi connectivity index (χ2v) is 6.56. The number of esters is 1. The zero-order valence-corrected chi connectivity index (χ0v) is 15.0. The molecule has 3 nitrogen and oxygen atoms in total. The molecule has 5 aromatic rings. The number of fused-ring (bicyclic) bond motifs is 3. The van der Waals surface area contributed by atoms with E-state index in [1.807, 2.05) is 60.7 Å². The molecule has 0 spiro atoms. The van der Waals surface area contributed by atoms with Gasteiger partial charge in [-0.2, -0.15) is 0 Å². The molecule has 0 N–H and O–H groups in total. The maximum absolute atomic E-state index is 12.4. The molecule has 0 bridgehead atoms. The van der Waals surface area contributed by atoms with E-state index in [0.29, 0.717) is 11.3 Å². The molecule has 0 saturated carbocycles. The van der Waals surface area contributed by atoms with Crippen molar-refractivity contribution in [2.75, 3.05) is 0 Å². The quantitative estimate of drug-likeness (QED) is 0.272. The molecule has 0 aliphatic heterocycles. The average molecular weight is 364 g/mol. The van der Waals surface area contributed by atoms with Gasteiger partial charge in [-0.05, 0) is 35.9 Å². The van der Waals surface area contributed by atoms with Crippen LogP contribution in [0.15, 0.2) is 101 Å². The van der Waals surface area contributed by atoms with Gasteiger partial charge in [0.15, 0.2) is 0 Å². The van der Waals surface area contributed by atoms with E-state index in [9.17, 15) is 4.79 Å². The highest BCUT2D eigenvalue weighted by atomic mass is 16.5. The van der Waals surface area contributed by atoms with Gasteiger partial charge < -0.3 is 9.15 Å². The van der Waals surface area contributed by atoms with Crippen LogP contribution < -0.4 is 4.74 Å². The molecule has 0 atom stereocenters. The number of ether oxygens (including phenoxy) is 1. The summed E-state index contributed by atoms with van der Waals surface area (Å²) in [6.07, 6.45) is 0. The zero-order valence-electron chi connectivity index (χ0n) is 15.0. The fraction of sp³-hybridized carbons (Fsp3) is 0. The lowest BCUT2D eigenvalue weighted by atomic mass is 10.0. The molecule has 28 heavy (non-hydrogen) atoms. The number of carbonyl (C=O) groups excluding carboxylic acids is 1. The van der Waals surface area contributed by atoms with Gasteiger partial charge in [-0.15, -0.1) is 0 Å². The molecule has 1 heterocycles. The third-order valence-corrected chi connectivity index (χ3v) is 4.79. The van der Waals surface area contributed by atoms with Crippen LogP contribution in [0.3, 0.4) is 0 Å². The van der Waals surface area contributed by atoms with Crippen LogP contribution in [-0.4, -0.2) is 5.97 Å². The smallest absolute Gasteiger partial charge is 0.343 e. The topological polar surface area (TPSA) is 39.4 Å². The van der Waals surface area contributed by atoms with Gasteiger partial charge in [0.25, 0.3) is 0 Å². The molecule has 0 saturated heterocycles. The van der Waals surface area contributed by atoms with Gasteiger partial charge >= 0.3 is 5.97 Å². The van der Waals surface area contributed by atoms with Crippen molar-refractivity contribution in [3.8, 4) is 16.9 Å². The van der Waals surface area contributed by atoms with Crippen molar-refractivity contribution in [1.29, 1.82) is 0 Å². The molecule has 1 aromatic heterocycles. The van der Waals surface area contributed by atoms with Crippen LogP contribution >= 0.6 is 0 Å². The summed E-state index contributed by atoms with van der Waals surface area (Å²) in [5.74, 6) is 0.156. The first-order chi connectivity index (χ1) is 13.8. The minimum atomic E-state index is -0.375. The second kappa shape index (κ2) is 6.71. The van der Waals surface area contributed by atoms with E-state index >= 15 is 0 Å². The van der Waals surface area contributed by atoms with Crippen LogP contribution in [0.25, 0.3) is 33.1 Å². The van der Waals surface area contributed by atoms with E-state index in [-0.39, 0.29) is 5.97 Å². The lowest BCUT2D eigenvalue weighted by Gasteiger charge is -2.06. The van der Waals surface area contributed by atoms with E-state index in [2.05, 4.69) is 12.1 Å². The molecule has 3 heteroatoms. The Morgan fingerprint density at radius 3 is 2.21 bits per heavy atom. The molecular weight excluding hydrogens is 348 g/mol. The lowest BCUT2D eigenvalue weighted by Crippen LogP contribution is -2.08. The summed E-state index contributed by atoms with van der Waals surface area (Å²) < 4.78 is 11.5. The predicted molar refractivity (Wildman–Crippen MR) is 111 cm³/mol. The van der Waals surface area contributed by atoms with Crippen molar-refractivity contribution in [3.05, 3.63) is 103 Å². The molecule has 0 fully saturated rings. The molecule has 0 amide bonds. The monoisotopic (exact) mass is 364 g/mol. The first kappa shape index (κ1) is 16.3. The van der Waals surface area contributed by atoms with Gasteiger partial charge in [-0.3, -0.25) is 0 Å². The Morgan fingerprint density at radius 2 is 1.39 bits per heavy atom. The van der Waals surface area contributed by atoms with Gasteiger partial charge in [0.2, 0.25) is 0 Å². The van der Waals surface area contributed by atoms with E-state index in [4.69, 9.17) is 9.15 Å². The Kier molecular flexibility index (Phi) is 3.91. The number of hydrogen-bond acceptors (Lipinski definition) is 3. The SMILES string of the molecule is O=C(Oc1ccccc1)c1ccc(-c2cccc3c2oc2ccccc23)cc1. The van der Waals surface area contributed by atoms with Crippen LogP contribution in [0.4, 0.5) is 0 Å². The third kappa shape index (κ3) is 2.83. The van der Waals surface area contributed by atoms with Crippen molar-refractivity contribution in [2.24, 2.45) is 0 Å². The summed E-state index contributed by atoms with van der Waals surface area (Å²) >= 11 is 0. The molecule has 0 aliphatic rings. The minimum Gasteiger partial charge on any atom is -0.455 e. The Hall–Kier alpha value is -3.85. The minimum absolute atomic E-state index is 0.375. The van der Waals surface area contributed by atoms with Crippen LogP contribution in [0.1, 0.15) is 10.4 Å². The summed E-state index contributed by atoms with van der Waals surface area (Å²) in [4.78, 5) is 12.4. The van der Waals surface area contributed by atoms with Crippen LogP contribution in [0.5, 0.6) is 5.75 Å². The summed E-state index contributed by atoms with van der Waals surface area (Å²) in [7, 11) is 0. The number of para-hydroxylation sites is 3. The third-order valence-electron chi connectivity index (χ3n) is 4.79. The van der Waals surface area contributed by atoms with Crippen molar-refractivity contribution in [3.63, 3.8) is 0 Å². The molecule has 0 aliphatic carbocycles. The summed E-state index contributed by atoms with van der Waals surface area (Å²) in [5, 5.41) is 2.18. The Balaban J connectivity index is 1.50. The summed E-state index contributed by atoms with van der Waals surface area (Å²) in [5.41, 5.74) is 4.21. The zero-order chi connectivity index (χ0) is 18.9. The van der Waals surface area contributed by atoms with Gasteiger partial charge in [0.05, 0.1) is 5.56 Å². The summed E-state index contributed by atoms with van der Waals surface area (Å²) in [6.45, 7) is 0. The highest BCUT2D eigenvalue weighted by Gasteiger charge is 2.13. The maximum Gasteiger partial charge on any atom is 0.343 e. The van der Waals surface area contributed by atoms with E-state index in [1.54, 1.807) is 24.3 Å². The number of furan rings is 1. The van der Waals surface area contributed by atoms with Crippen molar-refractivity contribution < 1.29 is 13.9 Å². The van der Waals surface area contributed by atoms with Crippen molar-refractivity contribution in [2.45, 2.75) is 0 Å². The number of carbonyl (C=O) groups is 1. The highest BCUT2D eigenvalue weighted by molar-refractivity contribution is 6.09. The standard InChI is InChI=1S/C25H16O3/c26-25(27-19-7-2-1-3-8-19)18-15-13-17(14-16-18)20-10-6-11-22-21-9-4-5-12-23(21)28-24(20)22/h1-16H. The molecule has 0 radical (unpaired) electrons. The molecule has 0 unspecified atom stereocenters. The van der Waals surface area contributed by atoms with Crippen LogP contribution in [0, 0.1) is 0 Å². The normalized spacial score (nSPS) is 11.0. The fourth-order valence-corrected chi connectivity index (χ4v) is 3.41. The Labute approximate surface area is 161 Å². The number of rotatable bonds is 3. The first-order valence-electron chi connectivity index (χ1n) is 9.07. The fourth-order valence-electron chi connectivity index (χ4n) is 3.41. The first-order valence-corrected chi connectivity index (χ1v) is 9.07. The Morgan fingerprint density at radius 1 is 0.679 bits per heavy atom. The van der Waals surface area contributed by atoms with Crippen LogP contribution in [-0.2, 0) is 0 Å². The van der Waals surface area contributed by atoms with E-state index in [0.717, 1.165) is 33.1 Å². The molecular formula is C25H16O3. The van der Waals surface area contributed by atoms with Gasteiger partial charge in [0, 0.05) is 16.3 Å². The predicted octanol–water partition coefficient (Wildman–Crippen LogP) is 6.47. The second-order valence-electron chi connectivity index (χ2n) is 6.56. The highest BCUT2D eigenvalue weighted by Crippen LogP contribution is 2.35. The van der Waals surface area contributed by atoms with Crippen LogP contribution in [0.2, 0.25) is 0 Å². The lowest BCUT2D eigenvalue weighted by molar-refractivity contribution is 0.0735. The van der Waals surface area contributed by atoms with Gasteiger partial charge in [0.1, 0.15) is 16.9 Å². The van der Waals surface area contributed by atoms with E-state index in [1.165, 1.54) is 0 Å². The van der Waals surface area contributed by atoms with Gasteiger partial charge in [-0.1, -0.05) is 66.7 Å². The molecule has 4 aromatic carbocycles. The summed E-state index contributed by atoms with van der Waals surface area (Å²) in [6, 6.07) is 30.6. The van der Waals surface area contributed by atoms with Crippen molar-refractivity contribution in [1.82, 2.24) is 0 Å². The van der Waals surface area contributed by atoms with Gasteiger partial charge in [-0.25, -0.2) is 4.79 Å². The maximum atomic E-state index is 12.4. The van der Waals surface area contributed by atoms with E-state index < -0.39 is 0 Å². The largest absolute Gasteiger partial charge is 0.455 e. The number of hydrogen-bond donors (Lipinski definition) is 0. The number of benzene rings is 4. The molecule has 5 rings (SSSR count). The average Bonchev–Trinajstić information content (AvgIpc) is 3.13.